The molecule has 2 saturated heterocycles. The van der Waals surface area contributed by atoms with Crippen LogP contribution >= 0.6 is 0 Å². The molecule has 5 atom stereocenters. The first kappa shape index (κ1) is 17.9. The molecule has 6 heteroatoms. The van der Waals surface area contributed by atoms with Crippen molar-refractivity contribution in [3.8, 4) is 0 Å². The van der Waals surface area contributed by atoms with Gasteiger partial charge in [-0.05, 0) is 17.6 Å². The van der Waals surface area contributed by atoms with Crippen molar-refractivity contribution >= 4 is 11.9 Å². The van der Waals surface area contributed by atoms with Crippen molar-refractivity contribution in [1.82, 2.24) is 0 Å². The number of hydrogen-bond acceptors (Lipinski definition) is 6. The molecule has 5 unspecified atom stereocenters. The lowest BCUT2D eigenvalue weighted by molar-refractivity contribution is -0.158. The van der Waals surface area contributed by atoms with E-state index < -0.39 is 10.8 Å². The zero-order valence-corrected chi connectivity index (χ0v) is 16.1. The summed E-state index contributed by atoms with van der Waals surface area (Å²) in [7, 11) is 2.86. The lowest BCUT2D eigenvalue weighted by Crippen LogP contribution is -2.53. The Labute approximate surface area is 163 Å². The van der Waals surface area contributed by atoms with Crippen LogP contribution in [0.25, 0.3) is 0 Å². The van der Waals surface area contributed by atoms with Crippen molar-refractivity contribution in [1.29, 1.82) is 0 Å². The summed E-state index contributed by atoms with van der Waals surface area (Å²) in [5.41, 5.74) is 1.48. The van der Waals surface area contributed by atoms with Gasteiger partial charge in [-0.1, -0.05) is 36.0 Å². The molecule has 0 saturated carbocycles. The highest BCUT2D eigenvalue weighted by atomic mass is 16.5. The van der Waals surface area contributed by atoms with Crippen molar-refractivity contribution in [3.05, 3.63) is 47.1 Å². The van der Waals surface area contributed by atoms with Crippen LogP contribution in [0, 0.1) is 28.6 Å². The van der Waals surface area contributed by atoms with Crippen molar-refractivity contribution in [2.45, 2.75) is 6.42 Å². The molecule has 28 heavy (non-hydrogen) atoms. The molecule has 3 aliphatic carbocycles. The Kier molecular flexibility index (Phi) is 3.93. The maximum Gasteiger partial charge on any atom is 0.319 e. The van der Waals surface area contributed by atoms with Gasteiger partial charge in [0.2, 0.25) is 0 Å². The Morgan fingerprint density at radius 2 is 1.93 bits per heavy atom. The second-order valence-corrected chi connectivity index (χ2v) is 8.27. The fraction of sp³-hybridized carbons (Fsp3) is 0.545. The van der Waals surface area contributed by atoms with E-state index in [1.807, 2.05) is 6.08 Å². The monoisotopic (exact) mass is 384 g/mol. The molecule has 0 N–H and O–H groups in total. The third-order valence-electron chi connectivity index (χ3n) is 7.33. The van der Waals surface area contributed by atoms with Crippen LogP contribution in [0.15, 0.2) is 47.1 Å². The summed E-state index contributed by atoms with van der Waals surface area (Å²) in [6, 6.07) is 0. The first-order valence-electron chi connectivity index (χ1n) is 9.71. The van der Waals surface area contributed by atoms with E-state index in [4.69, 9.17) is 18.9 Å². The lowest BCUT2D eigenvalue weighted by Gasteiger charge is -2.49. The molecule has 0 amide bonds. The summed E-state index contributed by atoms with van der Waals surface area (Å²) in [6.45, 7) is 1.59. The van der Waals surface area contributed by atoms with Gasteiger partial charge in [-0.15, -0.1) is 0 Å². The first-order chi connectivity index (χ1) is 13.6. The number of ether oxygens (including phenoxy) is 4. The summed E-state index contributed by atoms with van der Waals surface area (Å²) in [6.07, 6.45) is 11.2. The molecule has 2 heterocycles. The maximum absolute atomic E-state index is 13.1. The highest BCUT2D eigenvalue weighted by Crippen LogP contribution is 2.60. The summed E-state index contributed by atoms with van der Waals surface area (Å²) >= 11 is 0. The van der Waals surface area contributed by atoms with E-state index in [1.54, 1.807) is 0 Å². The Balaban J connectivity index is 1.69. The van der Waals surface area contributed by atoms with E-state index in [0.717, 1.165) is 23.1 Å². The minimum absolute atomic E-state index is 0.0704. The van der Waals surface area contributed by atoms with Gasteiger partial charge in [0.15, 0.2) is 0 Å². The fourth-order valence-corrected chi connectivity index (χ4v) is 5.99. The van der Waals surface area contributed by atoms with Crippen LogP contribution in [-0.4, -0.2) is 52.6 Å². The van der Waals surface area contributed by atoms with Crippen LogP contribution in [0.3, 0.4) is 0 Å². The van der Waals surface area contributed by atoms with E-state index >= 15 is 0 Å². The normalized spacial score (nSPS) is 40.2. The minimum Gasteiger partial charge on any atom is -0.468 e. The van der Waals surface area contributed by atoms with E-state index in [2.05, 4.69) is 24.3 Å². The van der Waals surface area contributed by atoms with E-state index in [0.29, 0.717) is 19.8 Å². The second-order valence-electron chi connectivity index (χ2n) is 8.27. The molecule has 0 aromatic heterocycles. The highest BCUT2D eigenvalue weighted by Gasteiger charge is 2.64. The number of carbonyl (C=O) groups is 2. The molecule has 148 valence electrons. The smallest absolute Gasteiger partial charge is 0.319 e. The molecule has 0 bridgehead atoms. The Hall–Kier alpha value is -2.18. The first-order valence-corrected chi connectivity index (χ1v) is 9.71. The van der Waals surface area contributed by atoms with Crippen molar-refractivity contribution in [2.24, 2.45) is 28.6 Å². The Morgan fingerprint density at radius 1 is 1.11 bits per heavy atom. The number of allylic oxidation sites excluding steroid dienone is 7. The van der Waals surface area contributed by atoms with Gasteiger partial charge >= 0.3 is 11.9 Å². The fourth-order valence-electron chi connectivity index (χ4n) is 5.99. The largest absolute Gasteiger partial charge is 0.468 e. The van der Waals surface area contributed by atoms with Crippen molar-refractivity contribution < 1.29 is 28.5 Å². The van der Waals surface area contributed by atoms with E-state index in [-0.39, 0.29) is 36.3 Å². The Bertz CT molecular complexity index is 864. The minimum atomic E-state index is -0.857. The zero-order valence-electron chi connectivity index (χ0n) is 16.1. The van der Waals surface area contributed by atoms with Gasteiger partial charge in [-0.2, -0.15) is 0 Å². The average Bonchev–Trinajstić information content (AvgIpc) is 3.37. The van der Waals surface area contributed by atoms with E-state index in [1.165, 1.54) is 14.2 Å². The summed E-state index contributed by atoms with van der Waals surface area (Å²) in [5, 5.41) is 0. The third-order valence-corrected chi connectivity index (χ3v) is 7.33. The number of esters is 2. The zero-order chi connectivity index (χ0) is 19.5. The molecule has 0 aromatic carbocycles. The van der Waals surface area contributed by atoms with Crippen LogP contribution in [0.1, 0.15) is 6.42 Å². The molecule has 2 fully saturated rings. The topological polar surface area (TPSA) is 71.1 Å². The van der Waals surface area contributed by atoms with Crippen LogP contribution in [0.2, 0.25) is 0 Å². The van der Waals surface area contributed by atoms with Crippen LogP contribution in [0.5, 0.6) is 0 Å². The van der Waals surface area contributed by atoms with Gasteiger partial charge in [0.25, 0.3) is 0 Å². The highest BCUT2D eigenvalue weighted by molar-refractivity contribution is 5.85. The maximum atomic E-state index is 13.1. The predicted molar refractivity (Wildman–Crippen MR) is 99.0 cm³/mol. The quantitative estimate of drug-likeness (QED) is 0.678. The molecular formula is C22H24O6. The molecule has 2 aliphatic heterocycles. The molecule has 0 radical (unpaired) electrons. The number of methoxy groups -OCH3 is 2. The SMILES string of the molecule is COC(=O)C12COCC1=CC=C1C2C=CC2=CCC3COCC3(C(=O)OC)C21. The summed E-state index contributed by atoms with van der Waals surface area (Å²) in [5.74, 6) is -0.821. The number of hydrogen-bond donors (Lipinski definition) is 0. The van der Waals surface area contributed by atoms with E-state index in [9.17, 15) is 9.59 Å². The standard InChI is InChI=1S/C22H24O6/c1-25-19(23)21-11-27-9-14(21)6-7-16-17(21)8-4-13-3-5-15-10-28-12-22(15,18(13)16)20(24)26-2/h3-4,6-8,15,17-18H,5,9-12H2,1-2H3. The van der Waals surface area contributed by atoms with Crippen LogP contribution in [-0.2, 0) is 28.5 Å². The third kappa shape index (κ3) is 2.00. The number of rotatable bonds is 2. The van der Waals surface area contributed by atoms with Gasteiger partial charge in [0, 0.05) is 17.8 Å². The van der Waals surface area contributed by atoms with Crippen molar-refractivity contribution in [2.75, 3.05) is 40.6 Å². The lowest BCUT2D eigenvalue weighted by atomic mass is 9.52. The van der Waals surface area contributed by atoms with Crippen LogP contribution in [0.4, 0.5) is 0 Å². The summed E-state index contributed by atoms with van der Waals surface area (Å²) < 4.78 is 22.0. The van der Waals surface area contributed by atoms with Gasteiger partial charge in [0.1, 0.15) is 10.8 Å². The Morgan fingerprint density at radius 3 is 2.71 bits per heavy atom. The molecule has 5 rings (SSSR count). The van der Waals surface area contributed by atoms with Gasteiger partial charge < -0.3 is 18.9 Å². The number of fused-ring (bicyclic) bond motifs is 7. The summed E-state index contributed by atoms with van der Waals surface area (Å²) in [4.78, 5) is 26.0. The van der Waals surface area contributed by atoms with Gasteiger partial charge in [-0.3, -0.25) is 9.59 Å². The number of carbonyl (C=O) groups excluding carboxylic acids is 2. The van der Waals surface area contributed by atoms with Gasteiger partial charge in [-0.25, -0.2) is 0 Å². The van der Waals surface area contributed by atoms with Gasteiger partial charge in [0.05, 0.1) is 40.6 Å². The van der Waals surface area contributed by atoms with Crippen LogP contribution < -0.4 is 0 Å². The molecule has 6 nitrogen and oxygen atoms in total. The molecular weight excluding hydrogens is 360 g/mol. The molecule has 0 aromatic rings. The molecule has 5 aliphatic rings. The predicted octanol–water partition coefficient (Wildman–Crippen LogP) is 1.98. The average molecular weight is 384 g/mol. The molecule has 0 spiro atoms. The van der Waals surface area contributed by atoms with Crippen molar-refractivity contribution in [3.63, 3.8) is 0 Å². The second kappa shape index (κ2) is 6.16.